The Kier molecular flexibility index (Phi) is 5.71. The number of hydrogen-bond acceptors (Lipinski definition) is 4. The maximum Gasteiger partial charge on any atom is 0.251 e. The Labute approximate surface area is 158 Å². The number of carbonyl (C=O) groups excluding carboxylic acids is 1. The predicted octanol–water partition coefficient (Wildman–Crippen LogP) is 3.04. The van der Waals surface area contributed by atoms with Gasteiger partial charge in [0.2, 0.25) is 0 Å². The van der Waals surface area contributed by atoms with Crippen LogP contribution in [0, 0.1) is 0 Å². The number of aromatic amines is 1. The molecule has 0 aliphatic carbocycles. The Morgan fingerprint density at radius 3 is 2.56 bits per heavy atom. The van der Waals surface area contributed by atoms with Crippen molar-refractivity contribution in [2.24, 2.45) is 0 Å². The summed E-state index contributed by atoms with van der Waals surface area (Å²) >= 11 is 0. The molecule has 7 heteroatoms. The molecule has 0 atom stereocenters. The topological polar surface area (TPSA) is 83.1 Å². The molecule has 0 saturated carbocycles. The summed E-state index contributed by atoms with van der Waals surface area (Å²) in [5.41, 5.74) is 2.31. The lowest BCUT2D eigenvalue weighted by molar-refractivity contribution is -0.114. The van der Waals surface area contributed by atoms with Gasteiger partial charge in [-0.3, -0.25) is 9.89 Å². The third-order valence-electron chi connectivity index (χ3n) is 4.11. The van der Waals surface area contributed by atoms with Gasteiger partial charge in [-0.2, -0.15) is 5.10 Å². The predicted molar refractivity (Wildman–Crippen MR) is 108 cm³/mol. The van der Waals surface area contributed by atoms with Crippen LogP contribution < -0.4 is 4.90 Å². The van der Waals surface area contributed by atoms with Crippen LogP contribution in [0.1, 0.15) is 12.1 Å². The van der Waals surface area contributed by atoms with Crippen molar-refractivity contribution in [1.82, 2.24) is 10.2 Å². The van der Waals surface area contributed by atoms with Gasteiger partial charge in [0.15, 0.2) is 0 Å². The highest BCUT2D eigenvalue weighted by Crippen LogP contribution is 2.18. The minimum Gasteiger partial charge on any atom is -0.309 e. The standard InChI is InChI=1S/C20H21N3O3S/c1-27(25,26)15-7-14-23(16-8-3-2-4-9-16)20(24)13-12-19-17-10-5-6-11-18(17)21-22-19/h2-6,8-13H,7,14-15H2,1H3,(H,21,22)/b13-12+. The van der Waals surface area contributed by atoms with Crippen molar-refractivity contribution in [2.75, 3.05) is 23.5 Å². The molecule has 3 rings (SSSR count). The summed E-state index contributed by atoms with van der Waals surface area (Å²) in [7, 11) is -3.07. The van der Waals surface area contributed by atoms with E-state index >= 15 is 0 Å². The number of benzene rings is 2. The normalized spacial score (nSPS) is 11.9. The highest BCUT2D eigenvalue weighted by molar-refractivity contribution is 7.90. The smallest absolute Gasteiger partial charge is 0.251 e. The van der Waals surface area contributed by atoms with Crippen molar-refractivity contribution >= 4 is 38.4 Å². The average molecular weight is 383 g/mol. The minimum absolute atomic E-state index is 0.0390. The van der Waals surface area contributed by atoms with E-state index in [0.717, 1.165) is 16.6 Å². The van der Waals surface area contributed by atoms with Crippen LogP contribution in [-0.4, -0.2) is 43.1 Å². The molecular formula is C20H21N3O3S. The molecule has 3 aromatic rings. The first-order chi connectivity index (χ1) is 12.9. The Hall–Kier alpha value is -2.93. The fourth-order valence-corrected chi connectivity index (χ4v) is 3.46. The van der Waals surface area contributed by atoms with Gasteiger partial charge in [-0.15, -0.1) is 0 Å². The fourth-order valence-electron chi connectivity index (χ4n) is 2.81. The quantitative estimate of drug-likeness (QED) is 0.636. The van der Waals surface area contributed by atoms with Gasteiger partial charge in [0.05, 0.1) is 17.0 Å². The molecule has 27 heavy (non-hydrogen) atoms. The van der Waals surface area contributed by atoms with Crippen molar-refractivity contribution < 1.29 is 13.2 Å². The summed E-state index contributed by atoms with van der Waals surface area (Å²) in [6.45, 7) is 0.321. The summed E-state index contributed by atoms with van der Waals surface area (Å²) in [6, 6.07) is 16.9. The van der Waals surface area contributed by atoms with Gasteiger partial charge in [0, 0.05) is 30.0 Å². The SMILES string of the molecule is CS(=O)(=O)CCCN(C(=O)/C=C/c1n[nH]c2ccccc12)c1ccccc1. The maximum atomic E-state index is 12.8. The lowest BCUT2D eigenvalue weighted by Gasteiger charge is -2.21. The monoisotopic (exact) mass is 383 g/mol. The Bertz CT molecular complexity index is 1060. The number of aromatic nitrogens is 2. The second kappa shape index (κ2) is 8.18. The molecule has 0 unspecified atom stereocenters. The van der Waals surface area contributed by atoms with Crippen molar-refractivity contribution in [1.29, 1.82) is 0 Å². The van der Waals surface area contributed by atoms with E-state index in [1.54, 1.807) is 11.0 Å². The fraction of sp³-hybridized carbons (Fsp3) is 0.200. The van der Waals surface area contributed by atoms with E-state index in [9.17, 15) is 13.2 Å². The summed E-state index contributed by atoms with van der Waals surface area (Å²) in [5.74, 6) is -0.182. The molecule has 2 aromatic carbocycles. The van der Waals surface area contributed by atoms with Crippen LogP contribution in [-0.2, 0) is 14.6 Å². The number of sulfone groups is 1. The van der Waals surface area contributed by atoms with E-state index in [1.807, 2.05) is 54.6 Å². The van der Waals surface area contributed by atoms with E-state index < -0.39 is 9.84 Å². The van der Waals surface area contributed by atoms with Crippen molar-refractivity contribution in [3.8, 4) is 0 Å². The van der Waals surface area contributed by atoms with E-state index in [2.05, 4.69) is 10.2 Å². The Morgan fingerprint density at radius 2 is 1.81 bits per heavy atom. The maximum absolute atomic E-state index is 12.8. The molecule has 1 N–H and O–H groups in total. The van der Waals surface area contributed by atoms with Crippen LogP contribution in [0.15, 0.2) is 60.7 Å². The molecule has 1 aromatic heterocycles. The zero-order valence-corrected chi connectivity index (χ0v) is 15.8. The second-order valence-electron chi connectivity index (χ2n) is 6.30. The van der Waals surface area contributed by atoms with Gasteiger partial charge in [-0.05, 0) is 30.7 Å². The molecule has 0 spiro atoms. The van der Waals surface area contributed by atoms with E-state index in [4.69, 9.17) is 0 Å². The number of H-pyrrole nitrogens is 1. The van der Waals surface area contributed by atoms with Crippen molar-refractivity contribution in [3.05, 3.63) is 66.4 Å². The molecule has 0 radical (unpaired) electrons. The number of para-hydroxylation sites is 2. The van der Waals surface area contributed by atoms with Crippen LogP contribution in [0.5, 0.6) is 0 Å². The van der Waals surface area contributed by atoms with Crippen molar-refractivity contribution in [2.45, 2.75) is 6.42 Å². The van der Waals surface area contributed by atoms with Crippen LogP contribution in [0.4, 0.5) is 5.69 Å². The number of amides is 1. The van der Waals surface area contributed by atoms with E-state index in [1.165, 1.54) is 12.3 Å². The van der Waals surface area contributed by atoms with E-state index in [0.29, 0.717) is 18.7 Å². The summed E-state index contributed by atoms with van der Waals surface area (Å²) in [4.78, 5) is 14.4. The number of nitrogens with one attached hydrogen (secondary N) is 1. The van der Waals surface area contributed by atoms with E-state index in [-0.39, 0.29) is 11.7 Å². The average Bonchev–Trinajstić information content (AvgIpc) is 3.06. The first-order valence-electron chi connectivity index (χ1n) is 8.59. The van der Waals surface area contributed by atoms with Gasteiger partial charge < -0.3 is 4.90 Å². The molecule has 0 saturated heterocycles. The third kappa shape index (κ3) is 5.04. The number of hydrogen-bond donors (Lipinski definition) is 1. The summed E-state index contributed by atoms with van der Waals surface area (Å²) < 4.78 is 22.8. The first kappa shape index (κ1) is 18.8. The summed E-state index contributed by atoms with van der Waals surface area (Å²) in [6.07, 6.45) is 4.71. The molecule has 6 nitrogen and oxygen atoms in total. The van der Waals surface area contributed by atoms with Crippen LogP contribution in [0.25, 0.3) is 17.0 Å². The Balaban J connectivity index is 1.79. The van der Waals surface area contributed by atoms with Gasteiger partial charge in [0.1, 0.15) is 9.84 Å². The zero-order chi connectivity index (χ0) is 19.3. The first-order valence-corrected chi connectivity index (χ1v) is 10.7. The molecule has 0 aliphatic heterocycles. The molecule has 0 fully saturated rings. The van der Waals surface area contributed by atoms with Gasteiger partial charge in [-0.25, -0.2) is 8.42 Å². The van der Waals surface area contributed by atoms with Crippen LogP contribution in [0.3, 0.4) is 0 Å². The van der Waals surface area contributed by atoms with Crippen LogP contribution in [0.2, 0.25) is 0 Å². The number of carbonyl (C=O) groups is 1. The third-order valence-corrected chi connectivity index (χ3v) is 5.14. The molecule has 140 valence electrons. The number of nitrogens with zero attached hydrogens (tertiary/aromatic N) is 2. The molecule has 0 bridgehead atoms. The molecule has 1 heterocycles. The highest BCUT2D eigenvalue weighted by atomic mass is 32.2. The lowest BCUT2D eigenvalue weighted by Crippen LogP contribution is -2.31. The van der Waals surface area contributed by atoms with Crippen molar-refractivity contribution in [3.63, 3.8) is 0 Å². The molecule has 1 amide bonds. The van der Waals surface area contributed by atoms with Crippen LogP contribution >= 0.6 is 0 Å². The second-order valence-corrected chi connectivity index (χ2v) is 8.56. The number of rotatable bonds is 7. The zero-order valence-electron chi connectivity index (χ0n) is 15.0. The van der Waals surface area contributed by atoms with Gasteiger partial charge in [-0.1, -0.05) is 36.4 Å². The van der Waals surface area contributed by atoms with Gasteiger partial charge in [0.25, 0.3) is 5.91 Å². The number of fused-ring (bicyclic) bond motifs is 1. The minimum atomic E-state index is -3.07. The van der Waals surface area contributed by atoms with Gasteiger partial charge >= 0.3 is 0 Å². The Morgan fingerprint density at radius 1 is 1.11 bits per heavy atom. The highest BCUT2D eigenvalue weighted by Gasteiger charge is 2.14. The molecule has 0 aliphatic rings. The largest absolute Gasteiger partial charge is 0.309 e. The summed E-state index contributed by atoms with van der Waals surface area (Å²) in [5, 5.41) is 8.10. The lowest BCUT2D eigenvalue weighted by atomic mass is 10.2. The number of anilines is 1. The molecular weight excluding hydrogens is 362 g/mol.